The van der Waals surface area contributed by atoms with E-state index in [1.54, 1.807) is 25.4 Å². The highest BCUT2D eigenvalue weighted by Gasteiger charge is 2.34. The Kier molecular flexibility index (Phi) is 6.17. The third-order valence-electron chi connectivity index (χ3n) is 4.19. The van der Waals surface area contributed by atoms with E-state index in [0.29, 0.717) is 16.4 Å². The highest BCUT2D eigenvalue weighted by molar-refractivity contribution is 7.99. The fraction of sp³-hybridized carbons (Fsp3) is 0.278. The molecule has 2 N–H and O–H groups in total. The molecule has 10 nitrogen and oxygen atoms in total. The molecule has 3 rings (SSSR count). The molecule has 0 saturated heterocycles. The van der Waals surface area contributed by atoms with Crippen molar-refractivity contribution in [1.82, 2.24) is 20.2 Å². The molecule has 0 fully saturated rings. The molecule has 1 aromatic heterocycles. The fourth-order valence-electron chi connectivity index (χ4n) is 2.88. The van der Waals surface area contributed by atoms with Crippen LogP contribution < -0.4 is 10.6 Å². The molecule has 0 unspecified atom stereocenters. The van der Waals surface area contributed by atoms with E-state index in [2.05, 4.69) is 15.6 Å². The number of rotatable bonds is 7. The minimum absolute atomic E-state index is 0.137. The van der Waals surface area contributed by atoms with Crippen LogP contribution in [0.15, 0.2) is 53.1 Å². The van der Waals surface area contributed by atoms with Gasteiger partial charge in [0.25, 0.3) is 5.69 Å². The highest BCUT2D eigenvalue weighted by Crippen LogP contribution is 2.31. The Bertz CT molecular complexity index is 987. The maximum atomic E-state index is 12.7. The maximum absolute atomic E-state index is 12.7. The van der Waals surface area contributed by atoms with Gasteiger partial charge in [-0.1, -0.05) is 23.9 Å². The summed E-state index contributed by atoms with van der Waals surface area (Å²) in [7, 11) is 1.84. The van der Waals surface area contributed by atoms with Crippen LogP contribution in [0.1, 0.15) is 18.5 Å². The lowest BCUT2D eigenvalue weighted by molar-refractivity contribution is -0.384. The van der Waals surface area contributed by atoms with Crippen LogP contribution in [0.4, 0.5) is 10.5 Å². The monoisotopic (exact) mass is 417 g/mol. The second-order valence-electron chi connectivity index (χ2n) is 6.11. The van der Waals surface area contributed by atoms with Crippen molar-refractivity contribution < 1.29 is 19.2 Å². The van der Waals surface area contributed by atoms with Gasteiger partial charge < -0.3 is 19.9 Å². The predicted octanol–water partition coefficient (Wildman–Crippen LogP) is 2.29. The van der Waals surface area contributed by atoms with Crippen LogP contribution in [0.25, 0.3) is 0 Å². The molecule has 1 aliphatic heterocycles. The zero-order valence-corrected chi connectivity index (χ0v) is 16.6. The lowest BCUT2D eigenvalue weighted by atomic mass is 9.95. The van der Waals surface area contributed by atoms with E-state index < -0.39 is 23.0 Å². The molecule has 29 heavy (non-hydrogen) atoms. The van der Waals surface area contributed by atoms with Crippen LogP contribution in [0.2, 0.25) is 0 Å². The summed E-state index contributed by atoms with van der Waals surface area (Å²) < 4.78 is 7.00. The van der Waals surface area contributed by atoms with E-state index in [1.165, 1.54) is 30.0 Å². The van der Waals surface area contributed by atoms with E-state index in [9.17, 15) is 19.7 Å². The van der Waals surface area contributed by atoms with Gasteiger partial charge in [0, 0.05) is 43.0 Å². The summed E-state index contributed by atoms with van der Waals surface area (Å²) in [5, 5.41) is 17.2. The molecule has 0 aliphatic carbocycles. The van der Waals surface area contributed by atoms with Crippen molar-refractivity contribution in [1.29, 1.82) is 0 Å². The van der Waals surface area contributed by atoms with E-state index in [4.69, 9.17) is 4.74 Å². The molecule has 0 saturated carbocycles. The third-order valence-corrected chi connectivity index (χ3v) is 5.27. The molecule has 1 atom stereocenters. The van der Waals surface area contributed by atoms with E-state index in [1.807, 2.05) is 11.6 Å². The van der Waals surface area contributed by atoms with E-state index in [0.717, 1.165) is 0 Å². The molecule has 2 heterocycles. The molecule has 0 bridgehead atoms. The lowest BCUT2D eigenvalue weighted by Gasteiger charge is -2.29. The number of nitrogens with one attached hydrogen (secondary N) is 2. The van der Waals surface area contributed by atoms with Gasteiger partial charge in [-0.15, -0.1) is 0 Å². The van der Waals surface area contributed by atoms with Crippen molar-refractivity contribution in [2.45, 2.75) is 18.1 Å². The summed E-state index contributed by atoms with van der Waals surface area (Å²) in [6, 6.07) is 4.42. The average molecular weight is 417 g/mol. The number of urea groups is 1. The molecule has 0 spiro atoms. The third kappa shape index (κ3) is 4.57. The van der Waals surface area contributed by atoms with Gasteiger partial charge in [0.1, 0.15) is 0 Å². The van der Waals surface area contributed by atoms with Crippen LogP contribution in [0.3, 0.4) is 0 Å². The number of nitrogens with zero attached hydrogens (tertiary/aromatic N) is 3. The number of nitro groups is 1. The average Bonchev–Trinajstić information content (AvgIpc) is 3.10. The van der Waals surface area contributed by atoms with Gasteiger partial charge in [0.2, 0.25) is 0 Å². The molecule has 152 valence electrons. The summed E-state index contributed by atoms with van der Waals surface area (Å²) in [6.45, 7) is 1.83. The second-order valence-corrected chi connectivity index (χ2v) is 7.05. The normalized spacial score (nSPS) is 16.2. The van der Waals surface area contributed by atoms with Gasteiger partial charge in [-0.3, -0.25) is 10.1 Å². The van der Waals surface area contributed by atoms with Gasteiger partial charge in [-0.2, -0.15) is 0 Å². The molecule has 11 heteroatoms. The Labute approximate surface area is 170 Å². The van der Waals surface area contributed by atoms with Crippen molar-refractivity contribution in [2.24, 2.45) is 7.05 Å². The minimum Gasteiger partial charge on any atom is -0.463 e. The van der Waals surface area contributed by atoms with Crippen LogP contribution in [-0.2, 0) is 16.6 Å². The molecular weight excluding hydrogens is 398 g/mol. The summed E-state index contributed by atoms with van der Waals surface area (Å²) in [4.78, 5) is 39.8. The summed E-state index contributed by atoms with van der Waals surface area (Å²) in [5.74, 6) is -0.343. The number of hydrogen-bond acceptors (Lipinski definition) is 7. The molecule has 2 aromatic rings. The number of non-ortho nitro benzene ring substituents is 1. The number of aromatic nitrogens is 2. The van der Waals surface area contributed by atoms with Crippen LogP contribution in [0.5, 0.6) is 0 Å². The van der Waals surface area contributed by atoms with Crippen molar-refractivity contribution in [3.05, 3.63) is 63.6 Å². The van der Waals surface area contributed by atoms with Crippen molar-refractivity contribution in [2.75, 3.05) is 12.4 Å². The van der Waals surface area contributed by atoms with Gasteiger partial charge in [0.15, 0.2) is 5.16 Å². The smallest absolute Gasteiger partial charge is 0.338 e. The van der Waals surface area contributed by atoms with E-state index >= 15 is 0 Å². The Morgan fingerprint density at radius 2 is 2.24 bits per heavy atom. The standard InChI is InChI=1S/C18H19N5O5S/c1-3-28-16(24)14-13(10-29-18-19-7-8-22(18)2)20-17(25)21-15(14)11-5-4-6-12(9-11)23(26)27/h4-9,15H,3,10H2,1-2H3,(H2,20,21,25)/t15-/m0/s1. The first kappa shape index (κ1) is 20.4. The van der Waals surface area contributed by atoms with E-state index in [-0.39, 0.29) is 23.6 Å². The number of hydrogen-bond donors (Lipinski definition) is 2. The fourth-order valence-corrected chi connectivity index (χ4v) is 3.78. The number of aryl methyl sites for hydroxylation is 1. The SMILES string of the molecule is CCOC(=O)C1=C(CSc2nccn2C)NC(=O)N[C@H]1c1cccc([N+](=O)[O-])c1. The summed E-state index contributed by atoms with van der Waals surface area (Å²) >= 11 is 1.34. The van der Waals surface area contributed by atoms with Crippen LogP contribution >= 0.6 is 11.8 Å². The van der Waals surface area contributed by atoms with Gasteiger partial charge >= 0.3 is 12.0 Å². The zero-order valence-electron chi connectivity index (χ0n) is 15.7. The predicted molar refractivity (Wildman–Crippen MR) is 105 cm³/mol. The number of thioether (sulfide) groups is 1. The molecule has 1 aromatic carbocycles. The van der Waals surface area contributed by atoms with Crippen molar-refractivity contribution in [3.63, 3.8) is 0 Å². The maximum Gasteiger partial charge on any atom is 0.338 e. The van der Waals surface area contributed by atoms with Crippen molar-refractivity contribution >= 4 is 29.4 Å². The highest BCUT2D eigenvalue weighted by atomic mass is 32.2. The number of benzene rings is 1. The summed E-state index contributed by atoms with van der Waals surface area (Å²) in [5.41, 5.74) is 0.851. The molecule has 2 amide bonds. The Morgan fingerprint density at radius 3 is 2.90 bits per heavy atom. The van der Waals surface area contributed by atoms with Crippen molar-refractivity contribution in [3.8, 4) is 0 Å². The number of amides is 2. The lowest BCUT2D eigenvalue weighted by Crippen LogP contribution is -2.46. The first-order chi connectivity index (χ1) is 13.9. The minimum atomic E-state index is -0.875. The van der Waals surface area contributed by atoms with Gasteiger partial charge in [-0.25, -0.2) is 14.6 Å². The van der Waals surface area contributed by atoms with Gasteiger partial charge in [-0.05, 0) is 12.5 Å². The molecule has 1 aliphatic rings. The Hall–Kier alpha value is -3.34. The number of carbonyl (C=O) groups is 2. The zero-order chi connectivity index (χ0) is 21.0. The first-order valence-corrected chi connectivity index (χ1v) is 9.71. The Morgan fingerprint density at radius 1 is 1.45 bits per heavy atom. The summed E-state index contributed by atoms with van der Waals surface area (Å²) in [6.07, 6.45) is 3.44. The van der Waals surface area contributed by atoms with Crippen LogP contribution in [0, 0.1) is 10.1 Å². The first-order valence-electron chi connectivity index (χ1n) is 8.72. The van der Waals surface area contributed by atoms with Gasteiger partial charge in [0.05, 0.1) is 23.1 Å². The molecule has 0 radical (unpaired) electrons. The number of carbonyl (C=O) groups excluding carboxylic acids is 2. The number of esters is 1. The second kappa shape index (κ2) is 8.78. The quantitative estimate of drug-likeness (QED) is 0.306. The topological polar surface area (TPSA) is 128 Å². The Balaban J connectivity index is 2.01. The van der Waals surface area contributed by atoms with Crippen LogP contribution in [-0.4, -0.2) is 38.8 Å². The largest absolute Gasteiger partial charge is 0.463 e. The number of imidazole rings is 1. The molecular formula is C18H19N5O5S. The number of nitro benzene ring substituents is 1. The number of ether oxygens (including phenoxy) is 1.